The molecule has 0 radical (unpaired) electrons. The van der Waals surface area contributed by atoms with Crippen LogP contribution < -0.4 is 5.73 Å². The standard InChI is InChI=1S/C16H21N3/c1-19-7-3-5-11-12-4-2-6-13-15(12)16(9-17,10-18-13)8-14(11)19/h2,4,6,10-11,14H,3,5,7-9,17H2,1H3/t11-,14-,16?/m1/s1. The fourth-order valence-electron chi connectivity index (χ4n) is 4.43. The largest absolute Gasteiger partial charge is 0.329 e. The number of hydrogen-bond acceptors (Lipinski definition) is 3. The van der Waals surface area contributed by atoms with Crippen LogP contribution in [0.1, 0.15) is 36.3 Å². The molecule has 2 heterocycles. The van der Waals surface area contributed by atoms with Crippen LogP contribution in [0.4, 0.5) is 5.69 Å². The monoisotopic (exact) mass is 255 g/mol. The molecule has 0 aromatic heterocycles. The van der Waals surface area contributed by atoms with E-state index in [1.165, 1.54) is 30.5 Å². The Morgan fingerprint density at radius 1 is 1.47 bits per heavy atom. The van der Waals surface area contributed by atoms with Crippen molar-refractivity contribution in [3.8, 4) is 0 Å². The van der Waals surface area contributed by atoms with Crippen molar-refractivity contribution >= 4 is 11.9 Å². The van der Waals surface area contributed by atoms with Crippen molar-refractivity contribution in [1.29, 1.82) is 0 Å². The lowest BCUT2D eigenvalue weighted by Crippen LogP contribution is -2.52. The topological polar surface area (TPSA) is 41.6 Å². The van der Waals surface area contributed by atoms with Crippen LogP contribution in [-0.2, 0) is 5.41 Å². The Labute approximate surface area is 114 Å². The molecule has 1 unspecified atom stereocenters. The molecule has 19 heavy (non-hydrogen) atoms. The predicted molar refractivity (Wildman–Crippen MR) is 78.3 cm³/mol. The first kappa shape index (κ1) is 11.6. The van der Waals surface area contributed by atoms with Crippen LogP contribution in [0, 0.1) is 0 Å². The minimum absolute atomic E-state index is 0.00130. The summed E-state index contributed by atoms with van der Waals surface area (Å²) < 4.78 is 0. The van der Waals surface area contributed by atoms with Gasteiger partial charge in [0.2, 0.25) is 0 Å². The molecular weight excluding hydrogens is 234 g/mol. The van der Waals surface area contributed by atoms with Crippen molar-refractivity contribution in [2.75, 3.05) is 20.1 Å². The van der Waals surface area contributed by atoms with E-state index in [1.807, 2.05) is 0 Å². The number of nitrogens with zero attached hydrogens (tertiary/aromatic N) is 2. The quantitative estimate of drug-likeness (QED) is 0.835. The van der Waals surface area contributed by atoms with E-state index in [2.05, 4.69) is 41.4 Å². The molecule has 0 saturated carbocycles. The summed E-state index contributed by atoms with van der Waals surface area (Å²) in [5, 5.41) is 0. The minimum Gasteiger partial charge on any atom is -0.329 e. The van der Waals surface area contributed by atoms with Gasteiger partial charge in [0.25, 0.3) is 0 Å². The van der Waals surface area contributed by atoms with E-state index in [9.17, 15) is 0 Å². The average Bonchev–Trinajstić information content (AvgIpc) is 2.82. The molecule has 1 aromatic rings. The number of rotatable bonds is 1. The number of benzene rings is 1. The van der Waals surface area contributed by atoms with E-state index >= 15 is 0 Å². The molecule has 4 rings (SSSR count). The second kappa shape index (κ2) is 3.90. The third-order valence-corrected chi connectivity index (χ3v) is 5.42. The molecule has 1 aliphatic carbocycles. The molecule has 2 N–H and O–H groups in total. The van der Waals surface area contributed by atoms with Crippen LogP contribution in [0.25, 0.3) is 0 Å². The zero-order valence-corrected chi connectivity index (χ0v) is 11.5. The first-order valence-corrected chi connectivity index (χ1v) is 7.34. The summed E-state index contributed by atoms with van der Waals surface area (Å²) >= 11 is 0. The molecule has 3 nitrogen and oxygen atoms in total. The number of nitrogens with two attached hydrogens (primary N) is 1. The van der Waals surface area contributed by atoms with E-state index in [0.717, 1.165) is 12.1 Å². The molecular formula is C16H21N3. The first-order chi connectivity index (χ1) is 9.25. The summed E-state index contributed by atoms with van der Waals surface area (Å²) in [6, 6.07) is 7.24. The zero-order valence-electron chi connectivity index (χ0n) is 11.5. The van der Waals surface area contributed by atoms with E-state index < -0.39 is 0 Å². The maximum absolute atomic E-state index is 6.15. The van der Waals surface area contributed by atoms with E-state index in [0.29, 0.717) is 18.5 Å². The SMILES string of the molecule is CN1CCC[C@@H]2c3cccc4c3C(CN)(C=N4)C[C@H]21. The molecule has 100 valence electrons. The Hall–Kier alpha value is -1.19. The van der Waals surface area contributed by atoms with Gasteiger partial charge in [0.1, 0.15) is 0 Å². The van der Waals surface area contributed by atoms with Gasteiger partial charge in [-0.1, -0.05) is 12.1 Å². The predicted octanol–water partition coefficient (Wildman–Crippen LogP) is 2.18. The lowest BCUT2D eigenvalue weighted by molar-refractivity contribution is 0.127. The van der Waals surface area contributed by atoms with Crippen molar-refractivity contribution in [2.24, 2.45) is 10.7 Å². The summed E-state index contributed by atoms with van der Waals surface area (Å²) in [5.74, 6) is 0.676. The van der Waals surface area contributed by atoms with Crippen LogP contribution in [-0.4, -0.2) is 37.3 Å². The highest BCUT2D eigenvalue weighted by molar-refractivity contribution is 5.87. The molecule has 0 amide bonds. The summed E-state index contributed by atoms with van der Waals surface area (Å²) in [6.07, 6.45) is 5.88. The molecule has 1 saturated heterocycles. The highest BCUT2D eigenvalue weighted by Crippen LogP contribution is 2.52. The Morgan fingerprint density at radius 2 is 2.37 bits per heavy atom. The molecule has 0 spiro atoms. The van der Waals surface area contributed by atoms with Gasteiger partial charge in [0, 0.05) is 24.2 Å². The Morgan fingerprint density at radius 3 is 3.21 bits per heavy atom. The molecule has 3 aliphatic rings. The Kier molecular flexibility index (Phi) is 2.39. The van der Waals surface area contributed by atoms with Crippen molar-refractivity contribution < 1.29 is 0 Å². The van der Waals surface area contributed by atoms with Gasteiger partial charge in [-0.25, -0.2) is 0 Å². The molecule has 3 atom stereocenters. The lowest BCUT2D eigenvalue weighted by Gasteiger charge is -2.48. The van der Waals surface area contributed by atoms with Crippen molar-refractivity contribution in [3.63, 3.8) is 0 Å². The van der Waals surface area contributed by atoms with E-state index in [-0.39, 0.29) is 5.41 Å². The van der Waals surface area contributed by atoms with Crippen molar-refractivity contribution in [3.05, 3.63) is 29.3 Å². The van der Waals surface area contributed by atoms with Crippen molar-refractivity contribution in [2.45, 2.75) is 36.6 Å². The van der Waals surface area contributed by atoms with Gasteiger partial charge in [-0.2, -0.15) is 0 Å². The van der Waals surface area contributed by atoms with Gasteiger partial charge in [0.05, 0.1) is 5.69 Å². The third kappa shape index (κ3) is 1.43. The lowest BCUT2D eigenvalue weighted by atomic mass is 9.63. The summed E-state index contributed by atoms with van der Waals surface area (Å²) in [5.41, 5.74) is 10.3. The number of aliphatic imine (C=N–C) groups is 1. The van der Waals surface area contributed by atoms with Crippen LogP contribution in [0.5, 0.6) is 0 Å². The van der Waals surface area contributed by atoms with Crippen LogP contribution in [0.2, 0.25) is 0 Å². The zero-order chi connectivity index (χ0) is 13.0. The van der Waals surface area contributed by atoms with Crippen LogP contribution >= 0.6 is 0 Å². The minimum atomic E-state index is -0.00130. The maximum Gasteiger partial charge on any atom is 0.0670 e. The normalized spacial score (nSPS) is 36.1. The van der Waals surface area contributed by atoms with Crippen molar-refractivity contribution in [1.82, 2.24) is 4.90 Å². The third-order valence-electron chi connectivity index (χ3n) is 5.42. The van der Waals surface area contributed by atoms with Gasteiger partial charge in [-0.3, -0.25) is 4.99 Å². The summed E-state index contributed by atoms with van der Waals surface area (Å²) in [4.78, 5) is 7.19. The van der Waals surface area contributed by atoms with E-state index in [1.54, 1.807) is 0 Å². The van der Waals surface area contributed by atoms with Crippen LogP contribution in [0.15, 0.2) is 23.2 Å². The summed E-state index contributed by atoms with van der Waals surface area (Å²) in [7, 11) is 2.27. The maximum atomic E-state index is 6.15. The second-order valence-corrected chi connectivity index (χ2v) is 6.36. The number of likely N-dealkylation sites (N-methyl/N-ethyl adjacent to an activating group) is 1. The van der Waals surface area contributed by atoms with Gasteiger partial charge in [-0.05, 0) is 56.0 Å². The highest BCUT2D eigenvalue weighted by atomic mass is 15.1. The fourth-order valence-corrected chi connectivity index (χ4v) is 4.43. The molecule has 3 heteroatoms. The van der Waals surface area contributed by atoms with Crippen LogP contribution in [0.3, 0.4) is 0 Å². The molecule has 1 fully saturated rings. The average molecular weight is 255 g/mol. The number of hydrogen-bond donors (Lipinski definition) is 1. The molecule has 0 bridgehead atoms. The number of piperidine rings is 1. The first-order valence-electron chi connectivity index (χ1n) is 7.34. The van der Waals surface area contributed by atoms with Gasteiger partial charge < -0.3 is 10.6 Å². The number of likely N-dealkylation sites (tertiary alicyclic amines) is 1. The fraction of sp³-hybridized carbons (Fsp3) is 0.562. The molecule has 2 aliphatic heterocycles. The van der Waals surface area contributed by atoms with E-state index in [4.69, 9.17) is 5.73 Å². The van der Waals surface area contributed by atoms with Gasteiger partial charge in [0.15, 0.2) is 0 Å². The smallest absolute Gasteiger partial charge is 0.0670 e. The Bertz CT molecular complexity index is 551. The summed E-state index contributed by atoms with van der Waals surface area (Å²) in [6.45, 7) is 1.89. The van der Waals surface area contributed by atoms with Gasteiger partial charge in [-0.15, -0.1) is 0 Å². The molecule has 1 aromatic carbocycles. The second-order valence-electron chi connectivity index (χ2n) is 6.36. The Balaban J connectivity index is 1.92. The number of fused-ring (bicyclic) bond motifs is 2. The highest BCUT2D eigenvalue weighted by Gasteiger charge is 2.48. The van der Waals surface area contributed by atoms with Gasteiger partial charge >= 0.3 is 0 Å².